The van der Waals surface area contributed by atoms with Gasteiger partial charge in [0, 0.05) is 11.3 Å². The van der Waals surface area contributed by atoms with E-state index in [4.69, 9.17) is 26.8 Å². The molecule has 5 rings (SSSR count). The van der Waals surface area contributed by atoms with E-state index >= 15 is 0 Å². The number of hydrogen-bond donors (Lipinski definition) is 2. The lowest BCUT2D eigenvalue weighted by atomic mass is 9.95. The van der Waals surface area contributed by atoms with Crippen molar-refractivity contribution in [1.29, 1.82) is 0 Å². The van der Waals surface area contributed by atoms with Gasteiger partial charge in [-0.15, -0.1) is 5.10 Å². The maximum Gasteiger partial charge on any atom is 0.248 e. The predicted octanol–water partition coefficient (Wildman–Crippen LogP) is 3.10. The number of primary amides is 1. The number of anilines is 1. The average Bonchev–Trinajstić information content (AvgIpc) is 3.32. The van der Waals surface area contributed by atoms with Crippen molar-refractivity contribution in [2.75, 3.05) is 12.1 Å². The zero-order valence-corrected chi connectivity index (χ0v) is 16.1. The molecule has 3 aromatic rings. The number of allylic oxidation sites excluding steroid dienone is 1. The van der Waals surface area contributed by atoms with Crippen LogP contribution in [0.4, 0.5) is 5.95 Å². The minimum Gasteiger partial charge on any atom is -0.454 e. The number of rotatable bonds is 3. The van der Waals surface area contributed by atoms with Crippen LogP contribution in [0.1, 0.15) is 18.5 Å². The van der Waals surface area contributed by atoms with E-state index < -0.39 is 11.9 Å². The SMILES string of the molecule is CC1=C(C(N)=O)C(c2ccc3c(c2)OCO3)n2nc(-c3ccccc3Cl)nc2N1. The van der Waals surface area contributed by atoms with E-state index in [-0.39, 0.29) is 6.79 Å². The first kappa shape index (κ1) is 17.6. The summed E-state index contributed by atoms with van der Waals surface area (Å²) in [6, 6.07) is 12.2. The van der Waals surface area contributed by atoms with Crippen LogP contribution in [-0.2, 0) is 4.79 Å². The van der Waals surface area contributed by atoms with Crippen molar-refractivity contribution < 1.29 is 14.3 Å². The van der Waals surface area contributed by atoms with Crippen LogP contribution in [0.3, 0.4) is 0 Å². The Morgan fingerprint density at radius 2 is 2.03 bits per heavy atom. The van der Waals surface area contributed by atoms with Crippen molar-refractivity contribution in [3.05, 3.63) is 64.3 Å². The molecule has 0 fully saturated rings. The Balaban J connectivity index is 1.68. The van der Waals surface area contributed by atoms with E-state index in [1.807, 2.05) is 30.3 Å². The summed E-state index contributed by atoms with van der Waals surface area (Å²) < 4.78 is 12.5. The summed E-state index contributed by atoms with van der Waals surface area (Å²) in [5.41, 5.74) is 8.21. The molecule has 29 heavy (non-hydrogen) atoms. The summed E-state index contributed by atoms with van der Waals surface area (Å²) in [4.78, 5) is 16.9. The van der Waals surface area contributed by atoms with Crippen molar-refractivity contribution in [1.82, 2.24) is 14.8 Å². The van der Waals surface area contributed by atoms with Crippen LogP contribution >= 0.6 is 11.6 Å². The first-order chi connectivity index (χ1) is 14.0. The fourth-order valence-electron chi connectivity index (χ4n) is 3.62. The molecule has 1 atom stereocenters. The number of nitrogens with two attached hydrogens (primary N) is 1. The maximum absolute atomic E-state index is 12.3. The second kappa shape index (κ2) is 6.52. The van der Waals surface area contributed by atoms with Crippen molar-refractivity contribution in [2.24, 2.45) is 5.73 Å². The van der Waals surface area contributed by atoms with Gasteiger partial charge in [-0.25, -0.2) is 4.68 Å². The minimum atomic E-state index is -0.568. The lowest BCUT2D eigenvalue weighted by Crippen LogP contribution is -2.31. The first-order valence-corrected chi connectivity index (χ1v) is 9.29. The van der Waals surface area contributed by atoms with Crippen molar-refractivity contribution in [2.45, 2.75) is 13.0 Å². The molecule has 1 aromatic heterocycles. The van der Waals surface area contributed by atoms with Crippen LogP contribution in [0.15, 0.2) is 53.7 Å². The lowest BCUT2D eigenvalue weighted by Gasteiger charge is -2.27. The summed E-state index contributed by atoms with van der Waals surface area (Å²) >= 11 is 6.32. The van der Waals surface area contributed by atoms with Crippen LogP contribution in [-0.4, -0.2) is 27.5 Å². The van der Waals surface area contributed by atoms with E-state index in [1.165, 1.54) is 0 Å². The number of ether oxygens (including phenoxy) is 2. The Morgan fingerprint density at radius 1 is 1.24 bits per heavy atom. The Morgan fingerprint density at radius 3 is 2.83 bits per heavy atom. The number of hydrogen-bond acceptors (Lipinski definition) is 6. The number of nitrogens with zero attached hydrogens (tertiary/aromatic N) is 3. The van der Waals surface area contributed by atoms with Crippen LogP contribution < -0.4 is 20.5 Å². The zero-order valence-electron chi connectivity index (χ0n) is 15.3. The first-order valence-electron chi connectivity index (χ1n) is 8.91. The fourth-order valence-corrected chi connectivity index (χ4v) is 3.84. The van der Waals surface area contributed by atoms with Gasteiger partial charge in [-0.3, -0.25) is 4.79 Å². The standard InChI is InChI=1S/C20H16ClN5O3/c1-10-16(18(22)27)17(11-6-7-14-15(8-11)29-9-28-14)26-20(23-10)24-19(25-26)12-4-2-3-5-13(12)21/h2-8,17H,9H2,1H3,(H2,22,27)(H,23,24,25). The highest BCUT2D eigenvalue weighted by Crippen LogP contribution is 2.40. The normalized spacial score (nSPS) is 17.1. The van der Waals surface area contributed by atoms with Gasteiger partial charge in [0.1, 0.15) is 6.04 Å². The summed E-state index contributed by atoms with van der Waals surface area (Å²) in [5, 5.41) is 8.30. The summed E-state index contributed by atoms with van der Waals surface area (Å²) in [6.07, 6.45) is 0. The molecule has 0 aliphatic carbocycles. The monoisotopic (exact) mass is 409 g/mol. The third-order valence-electron chi connectivity index (χ3n) is 4.95. The number of amides is 1. The van der Waals surface area contributed by atoms with E-state index in [0.717, 1.165) is 5.56 Å². The van der Waals surface area contributed by atoms with Crippen LogP contribution in [0.25, 0.3) is 11.4 Å². The van der Waals surface area contributed by atoms with Gasteiger partial charge in [-0.05, 0) is 36.8 Å². The minimum absolute atomic E-state index is 0.160. The molecular formula is C20H16ClN5O3. The van der Waals surface area contributed by atoms with Gasteiger partial charge in [0.05, 0.1) is 10.6 Å². The molecule has 3 heterocycles. The maximum atomic E-state index is 12.3. The largest absolute Gasteiger partial charge is 0.454 e. The molecule has 0 radical (unpaired) electrons. The molecule has 0 saturated carbocycles. The lowest BCUT2D eigenvalue weighted by molar-refractivity contribution is -0.115. The fraction of sp³-hybridized carbons (Fsp3) is 0.150. The van der Waals surface area contributed by atoms with Crippen molar-refractivity contribution in [3.8, 4) is 22.9 Å². The number of halogens is 1. The van der Waals surface area contributed by atoms with Gasteiger partial charge in [0.25, 0.3) is 0 Å². The molecular weight excluding hydrogens is 394 g/mol. The Kier molecular flexibility index (Phi) is 3.95. The molecule has 3 N–H and O–H groups in total. The van der Waals surface area contributed by atoms with E-state index in [1.54, 1.807) is 23.7 Å². The molecule has 146 valence electrons. The topological polar surface area (TPSA) is 104 Å². The Labute approximate surface area is 170 Å². The second-order valence-electron chi connectivity index (χ2n) is 6.73. The number of carbonyl (C=O) groups excluding carboxylic acids is 1. The van der Waals surface area contributed by atoms with Crippen LogP contribution in [0.2, 0.25) is 5.02 Å². The molecule has 2 aliphatic heterocycles. The van der Waals surface area contributed by atoms with Gasteiger partial charge >= 0.3 is 0 Å². The van der Waals surface area contributed by atoms with Crippen molar-refractivity contribution >= 4 is 23.5 Å². The molecule has 8 nitrogen and oxygen atoms in total. The highest BCUT2D eigenvalue weighted by atomic mass is 35.5. The van der Waals surface area contributed by atoms with Gasteiger partial charge in [-0.1, -0.05) is 29.8 Å². The quantitative estimate of drug-likeness (QED) is 0.688. The van der Waals surface area contributed by atoms with Gasteiger partial charge in [-0.2, -0.15) is 4.98 Å². The highest BCUT2D eigenvalue weighted by molar-refractivity contribution is 6.33. The van der Waals surface area contributed by atoms with Gasteiger partial charge in [0.15, 0.2) is 17.3 Å². The molecule has 1 unspecified atom stereocenters. The average molecular weight is 410 g/mol. The smallest absolute Gasteiger partial charge is 0.248 e. The van der Waals surface area contributed by atoms with Crippen LogP contribution in [0, 0.1) is 0 Å². The van der Waals surface area contributed by atoms with Crippen LogP contribution in [0.5, 0.6) is 11.5 Å². The van der Waals surface area contributed by atoms with E-state index in [2.05, 4.69) is 15.4 Å². The third-order valence-corrected chi connectivity index (χ3v) is 5.27. The zero-order chi connectivity index (χ0) is 20.1. The molecule has 0 bridgehead atoms. The number of carbonyl (C=O) groups is 1. The highest BCUT2D eigenvalue weighted by Gasteiger charge is 2.34. The number of nitrogens with one attached hydrogen (secondary N) is 1. The van der Waals surface area contributed by atoms with E-state index in [0.29, 0.717) is 45.1 Å². The second-order valence-corrected chi connectivity index (χ2v) is 7.13. The third kappa shape index (κ3) is 2.80. The molecule has 0 spiro atoms. The molecule has 2 aromatic carbocycles. The molecule has 9 heteroatoms. The number of fused-ring (bicyclic) bond motifs is 2. The van der Waals surface area contributed by atoms with Gasteiger partial charge < -0.3 is 20.5 Å². The Hall–Kier alpha value is -3.52. The number of aromatic nitrogens is 3. The Bertz CT molecular complexity index is 1190. The number of benzene rings is 2. The van der Waals surface area contributed by atoms with Gasteiger partial charge in [0.2, 0.25) is 18.6 Å². The summed E-state index contributed by atoms with van der Waals surface area (Å²) in [6.45, 7) is 1.95. The van der Waals surface area contributed by atoms with E-state index in [9.17, 15) is 4.79 Å². The van der Waals surface area contributed by atoms with Crippen molar-refractivity contribution in [3.63, 3.8) is 0 Å². The molecule has 2 aliphatic rings. The molecule has 0 saturated heterocycles. The predicted molar refractivity (Wildman–Crippen MR) is 107 cm³/mol. The summed E-state index contributed by atoms with van der Waals surface area (Å²) in [5.74, 6) is 1.65. The summed E-state index contributed by atoms with van der Waals surface area (Å²) in [7, 11) is 0. The molecule has 1 amide bonds.